The molecule has 0 saturated heterocycles. The van der Waals surface area contributed by atoms with Crippen molar-refractivity contribution in [1.29, 1.82) is 0 Å². The van der Waals surface area contributed by atoms with Gasteiger partial charge < -0.3 is 4.79 Å². The van der Waals surface area contributed by atoms with Crippen LogP contribution in [0.15, 0.2) is 12.2 Å². The van der Waals surface area contributed by atoms with Crippen LogP contribution in [0.3, 0.4) is 0 Å². The van der Waals surface area contributed by atoms with Gasteiger partial charge >= 0.3 is 0 Å². The maximum Gasteiger partial charge on any atom is 0.123 e. The Hall–Kier alpha value is -0.590. The van der Waals surface area contributed by atoms with Crippen LogP contribution in [0.2, 0.25) is 0 Å². The summed E-state index contributed by atoms with van der Waals surface area (Å²) in [6.07, 6.45) is 6.85. The SMILES string of the molecule is CC1C2C=CC(C2)C1C=O. The fraction of sp³-hybridized carbons (Fsp3) is 0.667. The fourth-order valence-electron chi connectivity index (χ4n) is 2.33. The lowest BCUT2D eigenvalue weighted by molar-refractivity contribution is -0.112. The van der Waals surface area contributed by atoms with Crippen molar-refractivity contribution in [3.8, 4) is 0 Å². The average molecular weight is 136 g/mol. The minimum absolute atomic E-state index is 0.329. The largest absolute Gasteiger partial charge is 0.303 e. The fourth-order valence-corrected chi connectivity index (χ4v) is 2.33. The summed E-state index contributed by atoms with van der Waals surface area (Å²) < 4.78 is 0. The molecule has 0 spiro atoms. The Morgan fingerprint density at radius 3 is 2.50 bits per heavy atom. The van der Waals surface area contributed by atoms with Crippen LogP contribution in [0.5, 0.6) is 0 Å². The van der Waals surface area contributed by atoms with E-state index in [2.05, 4.69) is 19.1 Å². The van der Waals surface area contributed by atoms with Crippen LogP contribution in [-0.2, 0) is 4.79 Å². The molecular weight excluding hydrogens is 124 g/mol. The molecule has 4 atom stereocenters. The molecule has 0 aromatic carbocycles. The molecule has 0 aromatic rings. The van der Waals surface area contributed by atoms with E-state index in [-0.39, 0.29) is 0 Å². The molecule has 0 aliphatic heterocycles. The molecule has 0 amide bonds. The molecular formula is C9H12O. The molecule has 0 aromatic heterocycles. The van der Waals surface area contributed by atoms with Crippen molar-refractivity contribution >= 4 is 6.29 Å². The van der Waals surface area contributed by atoms with Gasteiger partial charge in [0.2, 0.25) is 0 Å². The third kappa shape index (κ3) is 0.606. The summed E-state index contributed by atoms with van der Waals surface area (Å²) in [6.45, 7) is 2.19. The van der Waals surface area contributed by atoms with Crippen molar-refractivity contribution in [2.75, 3.05) is 0 Å². The molecule has 1 saturated carbocycles. The van der Waals surface area contributed by atoms with E-state index < -0.39 is 0 Å². The molecule has 10 heavy (non-hydrogen) atoms. The maximum atomic E-state index is 10.6. The van der Waals surface area contributed by atoms with Gasteiger partial charge in [-0.15, -0.1) is 0 Å². The number of hydrogen-bond acceptors (Lipinski definition) is 1. The van der Waals surface area contributed by atoms with Crippen LogP contribution in [0.1, 0.15) is 13.3 Å². The number of allylic oxidation sites excluding steroid dienone is 2. The number of rotatable bonds is 1. The van der Waals surface area contributed by atoms with Crippen molar-refractivity contribution in [1.82, 2.24) is 0 Å². The number of aldehydes is 1. The summed E-state index contributed by atoms with van der Waals surface area (Å²) in [4.78, 5) is 10.6. The summed E-state index contributed by atoms with van der Waals surface area (Å²) in [5.74, 6) is 2.22. The zero-order valence-electron chi connectivity index (χ0n) is 6.16. The first kappa shape index (κ1) is 6.14. The lowest BCUT2D eigenvalue weighted by Crippen LogP contribution is -2.17. The van der Waals surface area contributed by atoms with E-state index in [1.54, 1.807) is 0 Å². The van der Waals surface area contributed by atoms with Gasteiger partial charge in [-0.05, 0) is 24.2 Å². The summed E-state index contributed by atoms with van der Waals surface area (Å²) in [6, 6.07) is 0. The van der Waals surface area contributed by atoms with Crippen molar-refractivity contribution in [3.05, 3.63) is 12.2 Å². The monoisotopic (exact) mass is 136 g/mol. The Labute approximate surface area is 61.1 Å². The number of carbonyl (C=O) groups excluding carboxylic acids is 1. The van der Waals surface area contributed by atoms with Crippen molar-refractivity contribution in [2.45, 2.75) is 13.3 Å². The average Bonchev–Trinajstić information content (AvgIpc) is 2.46. The topological polar surface area (TPSA) is 17.1 Å². The molecule has 2 bridgehead atoms. The second kappa shape index (κ2) is 1.94. The van der Waals surface area contributed by atoms with Gasteiger partial charge in [-0.25, -0.2) is 0 Å². The second-order valence-corrected chi connectivity index (χ2v) is 3.52. The smallest absolute Gasteiger partial charge is 0.123 e. The highest BCUT2D eigenvalue weighted by atomic mass is 16.1. The van der Waals surface area contributed by atoms with E-state index in [0.717, 1.165) is 6.29 Å². The van der Waals surface area contributed by atoms with E-state index >= 15 is 0 Å². The van der Waals surface area contributed by atoms with Crippen molar-refractivity contribution in [3.63, 3.8) is 0 Å². The molecule has 54 valence electrons. The zero-order chi connectivity index (χ0) is 7.14. The Balaban J connectivity index is 2.25. The number of fused-ring (bicyclic) bond motifs is 2. The van der Waals surface area contributed by atoms with E-state index in [9.17, 15) is 4.79 Å². The third-order valence-electron chi connectivity index (χ3n) is 3.08. The number of carbonyl (C=O) groups is 1. The first-order valence-electron chi connectivity index (χ1n) is 3.96. The van der Waals surface area contributed by atoms with Gasteiger partial charge in [-0.3, -0.25) is 0 Å². The van der Waals surface area contributed by atoms with Gasteiger partial charge in [0.05, 0.1) is 0 Å². The summed E-state index contributed by atoms with van der Waals surface area (Å²) in [5.41, 5.74) is 0. The van der Waals surface area contributed by atoms with Gasteiger partial charge in [0.15, 0.2) is 0 Å². The highest BCUT2D eigenvalue weighted by Crippen LogP contribution is 2.46. The first-order valence-corrected chi connectivity index (χ1v) is 3.96. The molecule has 1 fully saturated rings. The normalized spacial score (nSPS) is 50.1. The van der Waals surface area contributed by atoms with Crippen molar-refractivity contribution < 1.29 is 4.79 Å². The quantitative estimate of drug-likeness (QED) is 0.395. The highest BCUT2D eigenvalue weighted by Gasteiger charge is 2.41. The zero-order valence-corrected chi connectivity index (χ0v) is 6.16. The number of hydrogen-bond donors (Lipinski definition) is 0. The van der Waals surface area contributed by atoms with Gasteiger partial charge in [0, 0.05) is 5.92 Å². The minimum atomic E-state index is 0.329. The predicted molar refractivity (Wildman–Crippen MR) is 39.5 cm³/mol. The Bertz CT molecular complexity index is 183. The van der Waals surface area contributed by atoms with E-state index in [1.807, 2.05) is 0 Å². The minimum Gasteiger partial charge on any atom is -0.303 e. The van der Waals surface area contributed by atoms with Crippen LogP contribution in [0, 0.1) is 23.7 Å². The molecule has 1 nitrogen and oxygen atoms in total. The van der Waals surface area contributed by atoms with Gasteiger partial charge in [0.1, 0.15) is 6.29 Å². The lowest BCUT2D eigenvalue weighted by atomic mass is 9.86. The second-order valence-electron chi connectivity index (χ2n) is 3.52. The molecule has 0 heterocycles. The molecule has 4 unspecified atom stereocenters. The van der Waals surface area contributed by atoms with Crippen molar-refractivity contribution in [2.24, 2.45) is 23.7 Å². The lowest BCUT2D eigenvalue weighted by Gasteiger charge is -2.18. The van der Waals surface area contributed by atoms with Crippen LogP contribution < -0.4 is 0 Å². The Morgan fingerprint density at radius 1 is 1.40 bits per heavy atom. The molecule has 1 heteroatoms. The summed E-state index contributed by atoms with van der Waals surface area (Å²) in [5, 5.41) is 0. The summed E-state index contributed by atoms with van der Waals surface area (Å²) in [7, 11) is 0. The predicted octanol–water partition coefficient (Wildman–Crippen LogP) is 1.64. The standard InChI is InChI=1S/C9H12O/c1-6-7-2-3-8(4-7)9(6)5-10/h2-3,5-9H,4H2,1H3. The Kier molecular flexibility index (Phi) is 1.19. The van der Waals surface area contributed by atoms with Gasteiger partial charge in [-0.2, -0.15) is 0 Å². The van der Waals surface area contributed by atoms with Crippen LogP contribution >= 0.6 is 0 Å². The molecule has 0 radical (unpaired) electrons. The van der Waals surface area contributed by atoms with Gasteiger partial charge in [-0.1, -0.05) is 19.1 Å². The highest BCUT2D eigenvalue weighted by molar-refractivity contribution is 5.57. The van der Waals surface area contributed by atoms with E-state index in [0.29, 0.717) is 23.7 Å². The summed E-state index contributed by atoms with van der Waals surface area (Å²) >= 11 is 0. The molecule has 2 rings (SSSR count). The first-order chi connectivity index (χ1) is 4.83. The van der Waals surface area contributed by atoms with Gasteiger partial charge in [0.25, 0.3) is 0 Å². The van der Waals surface area contributed by atoms with Crippen LogP contribution in [0.4, 0.5) is 0 Å². The van der Waals surface area contributed by atoms with Crippen LogP contribution in [0.25, 0.3) is 0 Å². The third-order valence-corrected chi connectivity index (χ3v) is 3.08. The Morgan fingerprint density at radius 2 is 2.10 bits per heavy atom. The molecule has 2 aliphatic carbocycles. The molecule has 0 N–H and O–H groups in total. The van der Waals surface area contributed by atoms with E-state index in [1.165, 1.54) is 6.42 Å². The van der Waals surface area contributed by atoms with Crippen LogP contribution in [-0.4, -0.2) is 6.29 Å². The molecule has 2 aliphatic rings. The van der Waals surface area contributed by atoms with E-state index in [4.69, 9.17) is 0 Å². The maximum absolute atomic E-state index is 10.6.